The lowest BCUT2D eigenvalue weighted by molar-refractivity contribution is -0.142. The molecule has 0 saturated heterocycles. The van der Waals surface area contributed by atoms with Gasteiger partial charge in [0.05, 0.1) is 13.0 Å². The average Bonchev–Trinajstić information content (AvgIpc) is 2.56. The van der Waals surface area contributed by atoms with Crippen LogP contribution in [0, 0.1) is 11.7 Å². The summed E-state index contributed by atoms with van der Waals surface area (Å²) in [5.41, 5.74) is 0.513. The molecular formula is C17H20F3NO3. The number of hydrogen-bond acceptors (Lipinski definition) is 3. The fourth-order valence-electron chi connectivity index (χ4n) is 2.82. The predicted molar refractivity (Wildman–Crippen MR) is 81.1 cm³/mol. The lowest BCUT2D eigenvalue weighted by Gasteiger charge is -2.27. The van der Waals surface area contributed by atoms with Gasteiger partial charge >= 0.3 is 5.97 Å². The maximum absolute atomic E-state index is 13.1. The summed E-state index contributed by atoms with van der Waals surface area (Å²) < 4.78 is 44.0. The number of hydrogen-bond donors (Lipinski definition) is 1. The lowest BCUT2D eigenvalue weighted by Crippen LogP contribution is -2.39. The molecule has 0 aromatic heterocycles. The number of carbonyl (C=O) groups is 2. The minimum absolute atomic E-state index is 0.0238. The van der Waals surface area contributed by atoms with Crippen molar-refractivity contribution in [1.29, 1.82) is 0 Å². The first-order valence-electron chi connectivity index (χ1n) is 7.81. The second-order valence-electron chi connectivity index (χ2n) is 6.00. The number of esters is 1. The fourth-order valence-corrected chi connectivity index (χ4v) is 2.82. The van der Waals surface area contributed by atoms with Crippen molar-refractivity contribution in [2.24, 2.45) is 5.92 Å². The van der Waals surface area contributed by atoms with E-state index >= 15 is 0 Å². The van der Waals surface area contributed by atoms with Gasteiger partial charge in [-0.25, -0.2) is 13.2 Å². The number of ether oxygens (including phenoxy) is 1. The van der Waals surface area contributed by atoms with E-state index in [-0.39, 0.29) is 38.1 Å². The van der Waals surface area contributed by atoms with Crippen molar-refractivity contribution >= 4 is 11.9 Å². The first-order valence-corrected chi connectivity index (χ1v) is 7.81. The summed E-state index contributed by atoms with van der Waals surface area (Å²) in [6.45, 7) is -0.0238. The van der Waals surface area contributed by atoms with Crippen molar-refractivity contribution in [3.05, 3.63) is 35.6 Å². The van der Waals surface area contributed by atoms with Crippen molar-refractivity contribution < 1.29 is 27.5 Å². The van der Waals surface area contributed by atoms with Crippen molar-refractivity contribution in [2.75, 3.05) is 13.7 Å². The maximum atomic E-state index is 13.1. The zero-order chi connectivity index (χ0) is 17.7. The molecule has 0 heterocycles. The third-order valence-electron chi connectivity index (χ3n) is 4.33. The highest BCUT2D eigenvalue weighted by atomic mass is 19.3. The standard InChI is InChI=1S/C17H20F3NO3/c1-24-16(23)14(11-2-4-13(18)5-3-11)10-21-15(22)12-6-8-17(19,20)9-7-12/h2-5,12,14H,6-10H2,1H3,(H,21,22). The summed E-state index contributed by atoms with van der Waals surface area (Å²) in [6, 6.07) is 5.33. The molecule has 1 saturated carbocycles. The third-order valence-corrected chi connectivity index (χ3v) is 4.33. The lowest BCUT2D eigenvalue weighted by atomic mass is 9.86. The van der Waals surface area contributed by atoms with Gasteiger partial charge in [-0.15, -0.1) is 0 Å². The monoisotopic (exact) mass is 343 g/mol. The summed E-state index contributed by atoms with van der Waals surface area (Å²) in [6.07, 6.45) is -0.358. The minimum atomic E-state index is -2.69. The second kappa shape index (κ2) is 7.68. The molecule has 0 aliphatic heterocycles. The molecule has 0 radical (unpaired) electrons. The zero-order valence-corrected chi connectivity index (χ0v) is 13.4. The molecule has 24 heavy (non-hydrogen) atoms. The van der Waals surface area contributed by atoms with Gasteiger partial charge in [0.2, 0.25) is 11.8 Å². The smallest absolute Gasteiger partial charge is 0.314 e. The van der Waals surface area contributed by atoms with E-state index in [0.717, 1.165) is 0 Å². The van der Waals surface area contributed by atoms with Gasteiger partial charge in [0.15, 0.2) is 0 Å². The molecular weight excluding hydrogens is 323 g/mol. The van der Waals surface area contributed by atoms with Crippen LogP contribution in [0.2, 0.25) is 0 Å². The van der Waals surface area contributed by atoms with Crippen LogP contribution in [0.25, 0.3) is 0 Å². The Morgan fingerprint density at radius 3 is 2.38 bits per heavy atom. The van der Waals surface area contributed by atoms with E-state index < -0.39 is 29.5 Å². The van der Waals surface area contributed by atoms with Gasteiger partial charge in [-0.1, -0.05) is 12.1 Å². The van der Waals surface area contributed by atoms with Crippen LogP contribution < -0.4 is 5.32 Å². The van der Waals surface area contributed by atoms with Crippen molar-refractivity contribution in [3.8, 4) is 0 Å². The summed E-state index contributed by atoms with van der Waals surface area (Å²) >= 11 is 0. The van der Waals surface area contributed by atoms with Gasteiger partial charge in [-0.05, 0) is 30.5 Å². The summed E-state index contributed by atoms with van der Waals surface area (Å²) in [4.78, 5) is 24.0. The molecule has 7 heteroatoms. The molecule has 0 spiro atoms. The highest BCUT2D eigenvalue weighted by Crippen LogP contribution is 2.36. The Morgan fingerprint density at radius 1 is 1.25 bits per heavy atom. The number of nitrogens with one attached hydrogen (secondary N) is 1. The molecule has 1 aromatic rings. The summed E-state index contributed by atoms with van der Waals surface area (Å²) in [5.74, 6) is -5.28. The summed E-state index contributed by atoms with van der Waals surface area (Å²) in [5, 5.41) is 2.63. The SMILES string of the molecule is COC(=O)C(CNC(=O)C1CCC(F)(F)CC1)c1ccc(F)cc1. The van der Waals surface area contributed by atoms with Crippen LogP contribution in [0.4, 0.5) is 13.2 Å². The first kappa shape index (κ1) is 18.3. The largest absolute Gasteiger partial charge is 0.468 e. The van der Waals surface area contributed by atoms with Crippen LogP contribution in [0.5, 0.6) is 0 Å². The average molecular weight is 343 g/mol. The number of carbonyl (C=O) groups excluding carboxylic acids is 2. The van der Waals surface area contributed by atoms with Gasteiger partial charge in [0, 0.05) is 25.3 Å². The van der Waals surface area contributed by atoms with Gasteiger partial charge in [-0.3, -0.25) is 9.59 Å². The molecule has 1 aliphatic rings. The zero-order valence-electron chi connectivity index (χ0n) is 13.4. The van der Waals surface area contributed by atoms with Crippen LogP contribution in [0.1, 0.15) is 37.2 Å². The van der Waals surface area contributed by atoms with E-state index in [4.69, 9.17) is 4.74 Å². The molecule has 1 N–H and O–H groups in total. The number of rotatable bonds is 5. The molecule has 2 rings (SSSR count). The van der Waals surface area contributed by atoms with Crippen LogP contribution in [-0.2, 0) is 14.3 Å². The molecule has 1 amide bonds. The molecule has 1 fully saturated rings. The molecule has 1 atom stereocenters. The van der Waals surface area contributed by atoms with E-state index in [2.05, 4.69) is 5.32 Å². The Labute approximate surface area is 138 Å². The van der Waals surface area contributed by atoms with Crippen molar-refractivity contribution in [2.45, 2.75) is 37.5 Å². The normalized spacial score (nSPS) is 18.7. The Balaban J connectivity index is 1.96. The third kappa shape index (κ3) is 4.72. The number of benzene rings is 1. The summed E-state index contributed by atoms with van der Waals surface area (Å²) in [7, 11) is 1.23. The topological polar surface area (TPSA) is 55.4 Å². The number of halogens is 3. The number of alkyl halides is 2. The highest BCUT2D eigenvalue weighted by Gasteiger charge is 2.37. The van der Waals surface area contributed by atoms with E-state index in [9.17, 15) is 22.8 Å². The molecule has 1 unspecified atom stereocenters. The Morgan fingerprint density at radius 2 is 1.83 bits per heavy atom. The van der Waals surface area contributed by atoms with Gasteiger partial charge < -0.3 is 10.1 Å². The van der Waals surface area contributed by atoms with Crippen molar-refractivity contribution in [1.82, 2.24) is 5.32 Å². The molecule has 132 valence electrons. The number of methoxy groups -OCH3 is 1. The van der Waals surface area contributed by atoms with Gasteiger partial charge in [0.1, 0.15) is 5.82 Å². The maximum Gasteiger partial charge on any atom is 0.314 e. The molecule has 1 aliphatic carbocycles. The van der Waals surface area contributed by atoms with E-state index in [0.29, 0.717) is 5.56 Å². The van der Waals surface area contributed by atoms with E-state index in [1.54, 1.807) is 0 Å². The molecule has 1 aromatic carbocycles. The Bertz CT molecular complexity index is 579. The second-order valence-corrected chi connectivity index (χ2v) is 6.00. The minimum Gasteiger partial charge on any atom is -0.468 e. The van der Waals surface area contributed by atoms with Crippen LogP contribution in [0.3, 0.4) is 0 Å². The van der Waals surface area contributed by atoms with Crippen LogP contribution in [-0.4, -0.2) is 31.5 Å². The van der Waals surface area contributed by atoms with E-state index in [1.165, 1.54) is 31.4 Å². The number of amides is 1. The van der Waals surface area contributed by atoms with Crippen molar-refractivity contribution in [3.63, 3.8) is 0 Å². The van der Waals surface area contributed by atoms with Gasteiger partial charge in [0.25, 0.3) is 0 Å². The van der Waals surface area contributed by atoms with Gasteiger partial charge in [-0.2, -0.15) is 0 Å². The Kier molecular flexibility index (Phi) is 5.85. The van der Waals surface area contributed by atoms with E-state index in [1.807, 2.05) is 0 Å². The highest BCUT2D eigenvalue weighted by molar-refractivity contribution is 5.82. The van der Waals surface area contributed by atoms with Crippen LogP contribution >= 0.6 is 0 Å². The molecule has 4 nitrogen and oxygen atoms in total. The quantitative estimate of drug-likeness (QED) is 0.836. The Hall–Kier alpha value is -2.05. The van der Waals surface area contributed by atoms with Crippen LogP contribution in [0.15, 0.2) is 24.3 Å². The predicted octanol–water partition coefficient (Wildman–Crippen LogP) is 3.02. The molecule has 0 bridgehead atoms. The first-order chi connectivity index (χ1) is 11.3. The fraction of sp³-hybridized carbons (Fsp3) is 0.529.